The molecule has 3 heterocycles. The molecular formula is C22H22N4O3. The van der Waals surface area contributed by atoms with Crippen molar-refractivity contribution < 1.29 is 14.3 Å². The molecule has 1 aromatic heterocycles. The van der Waals surface area contributed by atoms with Crippen molar-refractivity contribution in [2.24, 2.45) is 0 Å². The molecule has 0 N–H and O–H groups in total. The van der Waals surface area contributed by atoms with E-state index in [0.717, 1.165) is 42.0 Å². The van der Waals surface area contributed by atoms with E-state index in [4.69, 9.17) is 9.47 Å². The standard InChI is InChI=1S/C22H22N4O3/c27-22(17-5-3-16(4-6-17)13-25-15-23-14-24-25)26-9-1-2-19(26)18-7-8-20-21(12-18)29-11-10-28-20/h3-8,12,14-15,19H,1-2,9-11,13H2. The number of carbonyl (C=O) groups is 1. The zero-order valence-electron chi connectivity index (χ0n) is 16.0. The Kier molecular flexibility index (Phi) is 4.63. The minimum absolute atomic E-state index is 0.0631. The number of carbonyl (C=O) groups excluding carboxylic acids is 1. The number of benzene rings is 2. The second-order valence-electron chi connectivity index (χ2n) is 7.35. The molecule has 1 saturated heterocycles. The van der Waals surface area contributed by atoms with Crippen molar-refractivity contribution in [1.29, 1.82) is 0 Å². The third-order valence-corrected chi connectivity index (χ3v) is 5.48. The van der Waals surface area contributed by atoms with Crippen LogP contribution in [0.5, 0.6) is 11.5 Å². The van der Waals surface area contributed by atoms with Gasteiger partial charge in [0.1, 0.15) is 25.9 Å². The number of aromatic nitrogens is 3. The minimum Gasteiger partial charge on any atom is -0.486 e. The van der Waals surface area contributed by atoms with Gasteiger partial charge in [0.15, 0.2) is 11.5 Å². The van der Waals surface area contributed by atoms with Crippen molar-refractivity contribution in [2.75, 3.05) is 19.8 Å². The fraction of sp³-hybridized carbons (Fsp3) is 0.318. The van der Waals surface area contributed by atoms with E-state index in [-0.39, 0.29) is 11.9 Å². The van der Waals surface area contributed by atoms with Gasteiger partial charge in [-0.05, 0) is 48.2 Å². The van der Waals surface area contributed by atoms with Gasteiger partial charge in [0.05, 0.1) is 12.6 Å². The lowest BCUT2D eigenvalue weighted by Gasteiger charge is -2.27. The molecule has 1 atom stereocenters. The molecule has 3 aromatic rings. The van der Waals surface area contributed by atoms with Crippen LogP contribution in [0.3, 0.4) is 0 Å². The minimum atomic E-state index is 0.0631. The van der Waals surface area contributed by atoms with Crippen LogP contribution in [0.2, 0.25) is 0 Å². The van der Waals surface area contributed by atoms with Gasteiger partial charge in [0.2, 0.25) is 0 Å². The van der Waals surface area contributed by atoms with E-state index in [1.165, 1.54) is 6.33 Å². The van der Waals surface area contributed by atoms with Crippen molar-refractivity contribution in [3.05, 3.63) is 71.8 Å². The predicted octanol–water partition coefficient (Wildman–Crippen LogP) is 3.07. The average molecular weight is 390 g/mol. The topological polar surface area (TPSA) is 69.5 Å². The molecular weight excluding hydrogens is 368 g/mol. The number of nitrogens with zero attached hydrogens (tertiary/aromatic N) is 4. The molecule has 2 aliphatic heterocycles. The van der Waals surface area contributed by atoms with Gasteiger partial charge in [-0.1, -0.05) is 18.2 Å². The molecule has 148 valence electrons. The van der Waals surface area contributed by atoms with Crippen LogP contribution in [0.4, 0.5) is 0 Å². The first kappa shape index (κ1) is 17.7. The normalized spacial score (nSPS) is 18.1. The van der Waals surface area contributed by atoms with Gasteiger partial charge < -0.3 is 14.4 Å². The highest BCUT2D eigenvalue weighted by molar-refractivity contribution is 5.94. The third kappa shape index (κ3) is 3.55. The largest absolute Gasteiger partial charge is 0.486 e. The number of hydrogen-bond acceptors (Lipinski definition) is 5. The monoisotopic (exact) mass is 390 g/mol. The summed E-state index contributed by atoms with van der Waals surface area (Å²) < 4.78 is 13.1. The summed E-state index contributed by atoms with van der Waals surface area (Å²) in [5.74, 6) is 1.61. The van der Waals surface area contributed by atoms with Gasteiger partial charge in [0, 0.05) is 12.1 Å². The smallest absolute Gasteiger partial charge is 0.254 e. The summed E-state index contributed by atoms with van der Waals surface area (Å²) >= 11 is 0. The number of fused-ring (bicyclic) bond motifs is 1. The second kappa shape index (κ2) is 7.58. The summed E-state index contributed by atoms with van der Waals surface area (Å²) in [7, 11) is 0. The van der Waals surface area contributed by atoms with Crippen molar-refractivity contribution in [3.8, 4) is 11.5 Å². The van der Waals surface area contributed by atoms with Gasteiger partial charge in [-0.3, -0.25) is 4.79 Å². The molecule has 0 bridgehead atoms. The maximum Gasteiger partial charge on any atom is 0.254 e. The molecule has 29 heavy (non-hydrogen) atoms. The van der Waals surface area contributed by atoms with E-state index in [0.29, 0.717) is 25.3 Å². The van der Waals surface area contributed by atoms with Crippen LogP contribution in [0.1, 0.15) is 40.4 Å². The maximum absolute atomic E-state index is 13.2. The first-order chi connectivity index (χ1) is 14.3. The highest BCUT2D eigenvalue weighted by Gasteiger charge is 2.31. The molecule has 0 saturated carbocycles. The number of likely N-dealkylation sites (tertiary alicyclic amines) is 1. The first-order valence-electron chi connectivity index (χ1n) is 9.90. The summed E-state index contributed by atoms with van der Waals surface area (Å²) in [5, 5.41) is 4.12. The Bertz CT molecular complexity index is 1000. The number of amides is 1. The highest BCUT2D eigenvalue weighted by Crippen LogP contribution is 2.38. The maximum atomic E-state index is 13.2. The van der Waals surface area contributed by atoms with E-state index in [2.05, 4.69) is 10.1 Å². The Morgan fingerprint density at radius 2 is 1.90 bits per heavy atom. The summed E-state index contributed by atoms with van der Waals surface area (Å²) in [6.45, 7) is 2.54. The van der Waals surface area contributed by atoms with Crippen LogP contribution in [0.25, 0.3) is 0 Å². The van der Waals surface area contributed by atoms with Crippen LogP contribution in [0, 0.1) is 0 Å². The van der Waals surface area contributed by atoms with Crippen LogP contribution < -0.4 is 9.47 Å². The Balaban J connectivity index is 1.33. The van der Waals surface area contributed by atoms with Gasteiger partial charge >= 0.3 is 0 Å². The van der Waals surface area contributed by atoms with Gasteiger partial charge in [-0.2, -0.15) is 5.10 Å². The Morgan fingerprint density at radius 3 is 2.69 bits per heavy atom. The van der Waals surface area contributed by atoms with E-state index in [1.54, 1.807) is 11.0 Å². The average Bonchev–Trinajstić information content (AvgIpc) is 3.45. The lowest BCUT2D eigenvalue weighted by Crippen LogP contribution is -2.30. The van der Waals surface area contributed by atoms with Gasteiger partial charge in [-0.25, -0.2) is 9.67 Å². The lowest BCUT2D eigenvalue weighted by molar-refractivity contribution is 0.0735. The molecule has 1 amide bonds. The summed E-state index contributed by atoms with van der Waals surface area (Å²) in [5.41, 5.74) is 2.89. The van der Waals surface area contributed by atoms with E-state index in [9.17, 15) is 4.79 Å². The zero-order chi connectivity index (χ0) is 19.6. The molecule has 0 radical (unpaired) electrons. The van der Waals surface area contributed by atoms with Crippen LogP contribution >= 0.6 is 0 Å². The molecule has 7 heteroatoms. The molecule has 0 spiro atoms. The third-order valence-electron chi connectivity index (χ3n) is 5.48. The van der Waals surface area contributed by atoms with E-state index in [1.807, 2.05) is 47.4 Å². The fourth-order valence-electron chi connectivity index (χ4n) is 4.04. The molecule has 0 aliphatic carbocycles. The fourth-order valence-corrected chi connectivity index (χ4v) is 4.04. The number of ether oxygens (including phenoxy) is 2. The SMILES string of the molecule is O=C(c1ccc(Cn2cncn2)cc1)N1CCCC1c1ccc2c(c1)OCCO2. The van der Waals surface area contributed by atoms with Crippen LogP contribution in [-0.2, 0) is 6.54 Å². The summed E-state index contributed by atoms with van der Waals surface area (Å²) in [6.07, 6.45) is 5.15. The predicted molar refractivity (Wildman–Crippen MR) is 106 cm³/mol. The van der Waals surface area contributed by atoms with Crippen LogP contribution in [-0.4, -0.2) is 45.3 Å². The molecule has 2 aromatic carbocycles. The van der Waals surface area contributed by atoms with Crippen molar-refractivity contribution in [1.82, 2.24) is 19.7 Å². The van der Waals surface area contributed by atoms with Crippen molar-refractivity contribution >= 4 is 5.91 Å². The zero-order valence-corrected chi connectivity index (χ0v) is 16.0. The molecule has 2 aliphatic rings. The molecule has 7 nitrogen and oxygen atoms in total. The second-order valence-corrected chi connectivity index (χ2v) is 7.35. The molecule has 5 rings (SSSR count). The highest BCUT2D eigenvalue weighted by atomic mass is 16.6. The van der Waals surface area contributed by atoms with Crippen molar-refractivity contribution in [3.63, 3.8) is 0 Å². The van der Waals surface area contributed by atoms with E-state index >= 15 is 0 Å². The number of hydrogen-bond donors (Lipinski definition) is 0. The molecule has 1 fully saturated rings. The van der Waals surface area contributed by atoms with Crippen LogP contribution in [0.15, 0.2) is 55.1 Å². The Morgan fingerprint density at radius 1 is 1.07 bits per heavy atom. The van der Waals surface area contributed by atoms with Gasteiger partial charge in [-0.15, -0.1) is 0 Å². The number of rotatable bonds is 4. The summed E-state index contributed by atoms with van der Waals surface area (Å²) in [4.78, 5) is 19.1. The van der Waals surface area contributed by atoms with Gasteiger partial charge in [0.25, 0.3) is 5.91 Å². The first-order valence-corrected chi connectivity index (χ1v) is 9.90. The molecule has 1 unspecified atom stereocenters. The lowest BCUT2D eigenvalue weighted by atomic mass is 10.0. The van der Waals surface area contributed by atoms with E-state index < -0.39 is 0 Å². The Hall–Kier alpha value is -3.35. The summed E-state index contributed by atoms with van der Waals surface area (Å²) in [6, 6.07) is 13.8. The van der Waals surface area contributed by atoms with Crippen molar-refractivity contribution in [2.45, 2.75) is 25.4 Å². The quantitative estimate of drug-likeness (QED) is 0.685. The Labute approximate surface area is 168 Å².